The Morgan fingerprint density at radius 1 is 1.03 bits per heavy atom. The van der Waals surface area contributed by atoms with Gasteiger partial charge < -0.3 is 26.2 Å². The molecule has 6 nitrogen and oxygen atoms in total. The van der Waals surface area contributed by atoms with Crippen molar-refractivity contribution in [2.75, 3.05) is 32.7 Å². The molecule has 0 saturated carbocycles. The highest BCUT2D eigenvalue weighted by Gasteiger charge is 2.51. The highest BCUT2D eigenvalue weighted by Crippen LogP contribution is 2.40. The van der Waals surface area contributed by atoms with Crippen molar-refractivity contribution in [1.82, 2.24) is 10.1 Å². The molecule has 0 radical (unpaired) electrons. The van der Waals surface area contributed by atoms with Gasteiger partial charge in [-0.25, -0.2) is 4.79 Å². The lowest BCUT2D eigenvalue weighted by atomic mass is 9.82. The van der Waals surface area contributed by atoms with Gasteiger partial charge in [0, 0.05) is 30.4 Å². The molecular formula is C31H38ClN3O3. The molecule has 2 aromatic carbocycles. The summed E-state index contributed by atoms with van der Waals surface area (Å²) in [7, 11) is 0. The number of hydrogen-bond acceptors (Lipinski definition) is 5. The Morgan fingerprint density at radius 2 is 1.68 bits per heavy atom. The maximum absolute atomic E-state index is 14.0. The molecule has 7 heteroatoms. The van der Waals surface area contributed by atoms with E-state index in [-0.39, 0.29) is 24.5 Å². The van der Waals surface area contributed by atoms with E-state index in [0.717, 1.165) is 92.0 Å². The summed E-state index contributed by atoms with van der Waals surface area (Å²) in [5, 5.41) is 4.42. The zero-order chi connectivity index (χ0) is 25.3. The molecule has 0 N–H and O–H groups in total. The first-order chi connectivity index (χ1) is 18.1. The third-order valence-corrected chi connectivity index (χ3v) is 9.14. The number of nitrogens with zero attached hydrogens (tertiary/aromatic N) is 3. The molecule has 7 rings (SSSR count). The molecule has 38 heavy (non-hydrogen) atoms. The van der Waals surface area contributed by atoms with Crippen LogP contribution in [0.5, 0.6) is 0 Å². The normalized spacial score (nSPS) is 26.8. The van der Waals surface area contributed by atoms with Gasteiger partial charge in [0.1, 0.15) is 24.3 Å². The Balaban J connectivity index is 0.00000294. The number of halogens is 1. The predicted octanol–water partition coefficient (Wildman–Crippen LogP) is 2.40. The number of hydrogen-bond donors (Lipinski definition) is 0. The third-order valence-electron chi connectivity index (χ3n) is 9.14. The number of ether oxygens (including phenoxy) is 1. The van der Waals surface area contributed by atoms with Gasteiger partial charge in [0.05, 0.1) is 13.1 Å². The summed E-state index contributed by atoms with van der Waals surface area (Å²) in [4.78, 5) is 16.4. The van der Waals surface area contributed by atoms with E-state index in [1.54, 1.807) is 0 Å². The SMILES string of the molecule is CC(C(=O)OC1C[N+]2(Cc3cc(-c4ccccc4)on3)CCC1CC2)(c1ccccc1)N1CCCCC1.[Cl-]. The summed E-state index contributed by atoms with van der Waals surface area (Å²) in [6.07, 6.45) is 5.62. The maximum atomic E-state index is 14.0. The van der Waals surface area contributed by atoms with Crippen molar-refractivity contribution in [2.24, 2.45) is 5.92 Å². The molecule has 5 heterocycles. The Labute approximate surface area is 231 Å². The van der Waals surface area contributed by atoms with Crippen molar-refractivity contribution in [2.45, 2.75) is 57.2 Å². The zero-order valence-electron chi connectivity index (χ0n) is 22.2. The molecule has 1 aromatic heterocycles. The molecular weight excluding hydrogens is 498 g/mol. The minimum Gasteiger partial charge on any atom is -1.00 e. The van der Waals surface area contributed by atoms with Crippen LogP contribution in [0.1, 0.15) is 50.3 Å². The van der Waals surface area contributed by atoms with Gasteiger partial charge >= 0.3 is 5.97 Å². The van der Waals surface area contributed by atoms with Gasteiger partial charge in [-0.15, -0.1) is 0 Å². The summed E-state index contributed by atoms with van der Waals surface area (Å²) >= 11 is 0. The van der Waals surface area contributed by atoms with Crippen LogP contribution in [-0.2, 0) is 21.6 Å². The monoisotopic (exact) mass is 535 g/mol. The minimum absolute atomic E-state index is 0. The van der Waals surface area contributed by atoms with E-state index < -0.39 is 5.54 Å². The average molecular weight is 536 g/mol. The third kappa shape index (κ3) is 5.14. The number of rotatable bonds is 7. The molecule has 2 bridgehead atoms. The van der Waals surface area contributed by atoms with Crippen LogP contribution in [0.2, 0.25) is 0 Å². The Bertz CT molecular complexity index is 1200. The quantitative estimate of drug-likeness (QED) is 0.343. The number of carbonyl (C=O) groups excluding carboxylic acids is 1. The van der Waals surface area contributed by atoms with E-state index in [0.29, 0.717) is 5.92 Å². The second-order valence-corrected chi connectivity index (χ2v) is 11.4. The fraction of sp³-hybridized carbons (Fsp3) is 0.484. The van der Waals surface area contributed by atoms with E-state index in [1.165, 1.54) is 6.42 Å². The van der Waals surface area contributed by atoms with Gasteiger partial charge in [-0.05, 0) is 38.4 Å². The van der Waals surface area contributed by atoms with E-state index in [2.05, 4.69) is 35.2 Å². The second kappa shape index (κ2) is 11.2. The predicted molar refractivity (Wildman–Crippen MR) is 142 cm³/mol. The smallest absolute Gasteiger partial charge is 0.331 e. The van der Waals surface area contributed by atoms with Crippen molar-refractivity contribution in [1.29, 1.82) is 0 Å². The van der Waals surface area contributed by atoms with Crippen molar-refractivity contribution < 1.29 is 30.9 Å². The van der Waals surface area contributed by atoms with Crippen LogP contribution in [0.25, 0.3) is 11.3 Å². The van der Waals surface area contributed by atoms with E-state index in [9.17, 15) is 4.79 Å². The number of carbonyl (C=O) groups is 1. The standard InChI is InChI=1S/C31H38N3O3.ClH/c1-31(26-13-7-3-8-14-26,33-17-9-4-10-18-33)30(35)36-29-23-34(19-15-25(29)16-20-34)22-27-21-28(37-32-27)24-11-5-2-6-12-24;/h2-3,5-8,11-14,21,25,29H,4,9-10,15-20,22-23H2,1H3;1H/q+1;/p-1. The van der Waals surface area contributed by atoms with Crippen molar-refractivity contribution >= 4 is 5.97 Å². The number of fused-ring (bicyclic) bond motifs is 3. The Hall–Kier alpha value is -2.67. The zero-order valence-corrected chi connectivity index (χ0v) is 23.0. The van der Waals surface area contributed by atoms with Gasteiger partial charge in [0.15, 0.2) is 11.9 Å². The van der Waals surface area contributed by atoms with Crippen molar-refractivity contribution in [3.05, 3.63) is 78.0 Å². The fourth-order valence-electron chi connectivity index (χ4n) is 6.83. The van der Waals surface area contributed by atoms with Crippen LogP contribution in [0.3, 0.4) is 0 Å². The Kier molecular flexibility index (Phi) is 7.94. The first kappa shape index (κ1) is 26.9. The summed E-state index contributed by atoms with van der Waals surface area (Å²) in [5.74, 6) is 1.16. The first-order valence-electron chi connectivity index (χ1n) is 13.9. The number of piperidine rings is 4. The van der Waals surface area contributed by atoms with Crippen LogP contribution in [-0.4, -0.2) is 59.3 Å². The molecule has 4 fully saturated rings. The number of aromatic nitrogens is 1. The number of quaternary nitrogens is 1. The Morgan fingerprint density at radius 3 is 2.37 bits per heavy atom. The van der Waals surface area contributed by atoms with Crippen LogP contribution in [0, 0.1) is 5.92 Å². The molecule has 0 aliphatic carbocycles. The second-order valence-electron chi connectivity index (χ2n) is 11.4. The van der Waals surface area contributed by atoms with Gasteiger partial charge in [0.2, 0.25) is 0 Å². The van der Waals surface area contributed by atoms with Crippen LogP contribution in [0.15, 0.2) is 71.3 Å². The highest BCUT2D eigenvalue weighted by atomic mass is 35.5. The summed E-state index contributed by atoms with van der Waals surface area (Å²) in [5.41, 5.74) is 2.30. The van der Waals surface area contributed by atoms with Crippen molar-refractivity contribution in [3.63, 3.8) is 0 Å². The minimum atomic E-state index is -0.755. The molecule has 3 aromatic rings. The van der Waals surface area contributed by atoms with Crippen LogP contribution in [0.4, 0.5) is 0 Å². The largest absolute Gasteiger partial charge is 1.00 e. The molecule has 4 aliphatic heterocycles. The first-order valence-corrected chi connectivity index (χ1v) is 13.9. The lowest BCUT2D eigenvalue weighted by molar-refractivity contribution is -0.958. The van der Waals surface area contributed by atoms with Gasteiger partial charge in [-0.3, -0.25) is 4.90 Å². The summed E-state index contributed by atoms with van der Waals surface area (Å²) in [6, 6.07) is 22.4. The van der Waals surface area contributed by atoms with Gasteiger partial charge in [0.25, 0.3) is 0 Å². The number of esters is 1. The molecule has 0 amide bonds. The highest BCUT2D eigenvalue weighted by molar-refractivity contribution is 5.82. The maximum Gasteiger partial charge on any atom is 0.331 e. The van der Waals surface area contributed by atoms with E-state index >= 15 is 0 Å². The van der Waals surface area contributed by atoms with Gasteiger partial charge in [-0.1, -0.05) is 72.2 Å². The van der Waals surface area contributed by atoms with E-state index in [4.69, 9.17) is 9.26 Å². The van der Waals surface area contributed by atoms with Crippen LogP contribution >= 0.6 is 0 Å². The molecule has 2 unspecified atom stereocenters. The van der Waals surface area contributed by atoms with E-state index in [1.807, 2.05) is 48.5 Å². The lowest BCUT2D eigenvalue weighted by Gasteiger charge is -2.52. The lowest BCUT2D eigenvalue weighted by Crippen LogP contribution is -3.00. The molecule has 4 aliphatic rings. The average Bonchev–Trinajstić information content (AvgIpc) is 3.42. The van der Waals surface area contributed by atoms with Gasteiger partial charge in [-0.2, -0.15) is 0 Å². The molecule has 4 saturated heterocycles. The molecule has 202 valence electrons. The summed E-state index contributed by atoms with van der Waals surface area (Å²) in [6.45, 7) is 7.83. The number of benzene rings is 2. The molecule has 0 spiro atoms. The van der Waals surface area contributed by atoms with Crippen molar-refractivity contribution in [3.8, 4) is 11.3 Å². The van der Waals surface area contributed by atoms with Crippen LogP contribution < -0.4 is 12.4 Å². The fourth-order valence-corrected chi connectivity index (χ4v) is 6.83. The topological polar surface area (TPSA) is 55.6 Å². The summed E-state index contributed by atoms with van der Waals surface area (Å²) < 4.78 is 13.1. The molecule has 2 atom stereocenters. The number of likely N-dealkylation sites (tertiary alicyclic amines) is 1.